The summed E-state index contributed by atoms with van der Waals surface area (Å²) >= 11 is 6.00. The average molecular weight is 306 g/mol. The minimum atomic E-state index is -0.237. The second-order valence-electron chi connectivity index (χ2n) is 5.60. The molecule has 0 bridgehead atoms. The van der Waals surface area contributed by atoms with Gasteiger partial charge in [-0.2, -0.15) is 0 Å². The van der Waals surface area contributed by atoms with Crippen LogP contribution in [0.4, 0.5) is 0 Å². The molecular formula is C16H18ClN2O2+. The number of pyridine rings is 1. The smallest absolute Gasteiger partial charge is 0.233 e. The summed E-state index contributed by atoms with van der Waals surface area (Å²) in [5.74, 6) is -0.499. The largest absolute Gasteiger partial charge is 0.282 e. The van der Waals surface area contributed by atoms with Gasteiger partial charge in [0, 0.05) is 30.1 Å². The Hall–Kier alpha value is -1.68. The standard InChI is InChI=1S/C16H18ClN2O2/c17-12-5-6-13-14(11-12)16(21)19(15(13)20)10-4-9-18-7-2-1-3-8-18/h1-3,5,7-8,13-14H,4,6,9-11H2/q+1/t13-,14-/m0/s1. The molecule has 2 aliphatic rings. The third-order valence-corrected chi connectivity index (χ3v) is 4.54. The van der Waals surface area contributed by atoms with Gasteiger partial charge in [0.15, 0.2) is 12.4 Å². The van der Waals surface area contributed by atoms with Gasteiger partial charge < -0.3 is 0 Å². The van der Waals surface area contributed by atoms with Crippen molar-refractivity contribution >= 4 is 23.4 Å². The second kappa shape index (κ2) is 5.98. The van der Waals surface area contributed by atoms with E-state index in [0.29, 0.717) is 24.4 Å². The van der Waals surface area contributed by atoms with Crippen molar-refractivity contribution in [1.82, 2.24) is 4.90 Å². The van der Waals surface area contributed by atoms with E-state index in [0.717, 1.165) is 13.0 Å². The number of amides is 2. The predicted molar refractivity (Wildman–Crippen MR) is 78.1 cm³/mol. The van der Waals surface area contributed by atoms with Crippen molar-refractivity contribution in [3.05, 3.63) is 41.7 Å². The SMILES string of the molecule is O=C1[C@H]2CC=C(Cl)C[C@@H]2C(=O)N1CCC[n+]1ccccc1. The number of likely N-dealkylation sites (tertiary alicyclic amines) is 1. The molecule has 1 aromatic rings. The van der Waals surface area contributed by atoms with Crippen molar-refractivity contribution in [2.45, 2.75) is 25.8 Å². The van der Waals surface area contributed by atoms with E-state index in [2.05, 4.69) is 4.57 Å². The Kier molecular flexibility index (Phi) is 4.06. The maximum Gasteiger partial charge on any atom is 0.233 e. The fraction of sp³-hybridized carbons (Fsp3) is 0.438. The highest BCUT2D eigenvalue weighted by molar-refractivity contribution is 6.30. The van der Waals surface area contributed by atoms with Gasteiger partial charge in [-0.05, 0) is 12.8 Å². The number of rotatable bonds is 4. The molecule has 0 radical (unpaired) electrons. The summed E-state index contributed by atoms with van der Waals surface area (Å²) in [6.45, 7) is 1.29. The number of allylic oxidation sites excluding steroid dienone is 2. The normalized spacial score (nSPS) is 25.0. The fourth-order valence-corrected chi connectivity index (χ4v) is 3.37. The quantitative estimate of drug-likeness (QED) is 0.629. The van der Waals surface area contributed by atoms with E-state index >= 15 is 0 Å². The summed E-state index contributed by atoms with van der Waals surface area (Å²) < 4.78 is 2.05. The van der Waals surface area contributed by atoms with Crippen LogP contribution in [-0.4, -0.2) is 23.3 Å². The van der Waals surface area contributed by atoms with Gasteiger partial charge in [-0.1, -0.05) is 23.7 Å². The molecule has 110 valence electrons. The minimum absolute atomic E-state index is 0.0246. The highest BCUT2D eigenvalue weighted by Gasteiger charge is 2.47. The number of imide groups is 1. The number of carbonyl (C=O) groups is 2. The zero-order chi connectivity index (χ0) is 14.8. The van der Waals surface area contributed by atoms with Crippen molar-refractivity contribution < 1.29 is 14.2 Å². The maximum atomic E-state index is 12.4. The molecule has 1 aliphatic carbocycles. The van der Waals surface area contributed by atoms with Gasteiger partial charge in [-0.15, -0.1) is 0 Å². The molecule has 0 aromatic carbocycles. The topological polar surface area (TPSA) is 41.3 Å². The van der Waals surface area contributed by atoms with Crippen molar-refractivity contribution in [2.24, 2.45) is 11.8 Å². The van der Waals surface area contributed by atoms with Gasteiger partial charge in [-0.25, -0.2) is 4.57 Å². The highest BCUT2D eigenvalue weighted by atomic mass is 35.5. The summed E-state index contributed by atoms with van der Waals surface area (Å²) in [6.07, 6.45) is 7.72. The molecule has 21 heavy (non-hydrogen) atoms. The molecule has 2 amide bonds. The molecule has 2 heterocycles. The summed E-state index contributed by atoms with van der Waals surface area (Å²) in [5, 5.41) is 0.707. The van der Waals surface area contributed by atoms with Crippen LogP contribution in [0.1, 0.15) is 19.3 Å². The number of fused-ring (bicyclic) bond motifs is 1. The molecule has 1 fully saturated rings. The van der Waals surface area contributed by atoms with Gasteiger partial charge in [0.25, 0.3) is 0 Å². The Labute approximate surface area is 129 Å². The second-order valence-corrected chi connectivity index (χ2v) is 6.08. The molecule has 0 spiro atoms. The molecule has 2 atom stereocenters. The molecule has 1 saturated heterocycles. The van der Waals surface area contributed by atoms with Crippen LogP contribution in [0.25, 0.3) is 0 Å². The lowest BCUT2D eigenvalue weighted by atomic mass is 9.85. The van der Waals surface area contributed by atoms with Crippen molar-refractivity contribution in [1.29, 1.82) is 0 Å². The molecule has 1 aliphatic heterocycles. The van der Waals surface area contributed by atoms with Gasteiger partial charge in [-0.3, -0.25) is 14.5 Å². The number of hydrogen-bond donors (Lipinski definition) is 0. The first kappa shape index (κ1) is 14.3. The van der Waals surface area contributed by atoms with E-state index in [4.69, 9.17) is 11.6 Å². The monoisotopic (exact) mass is 305 g/mol. The summed E-state index contributed by atoms with van der Waals surface area (Å²) in [5.41, 5.74) is 0. The molecular weight excluding hydrogens is 288 g/mol. The number of hydrogen-bond acceptors (Lipinski definition) is 2. The molecule has 4 nitrogen and oxygen atoms in total. The Morgan fingerprint density at radius 2 is 1.86 bits per heavy atom. The zero-order valence-electron chi connectivity index (χ0n) is 11.7. The minimum Gasteiger partial charge on any atom is -0.282 e. The Balaban J connectivity index is 1.59. The van der Waals surface area contributed by atoms with Gasteiger partial charge >= 0.3 is 0 Å². The third kappa shape index (κ3) is 2.86. The van der Waals surface area contributed by atoms with E-state index in [1.165, 1.54) is 4.90 Å². The van der Waals surface area contributed by atoms with Crippen molar-refractivity contribution in [3.63, 3.8) is 0 Å². The number of aromatic nitrogens is 1. The van der Waals surface area contributed by atoms with Crippen molar-refractivity contribution in [2.75, 3.05) is 6.54 Å². The number of nitrogens with zero attached hydrogens (tertiary/aromatic N) is 2. The molecule has 3 rings (SSSR count). The predicted octanol–water partition coefficient (Wildman–Crippen LogP) is 1.88. The van der Waals surface area contributed by atoms with Gasteiger partial charge in [0.05, 0.1) is 11.8 Å². The van der Waals surface area contributed by atoms with Crippen molar-refractivity contribution in [3.8, 4) is 0 Å². The molecule has 0 N–H and O–H groups in total. The van der Waals surface area contributed by atoms with Gasteiger partial charge in [0.2, 0.25) is 11.8 Å². The first-order chi connectivity index (χ1) is 10.2. The zero-order valence-corrected chi connectivity index (χ0v) is 12.5. The van der Waals surface area contributed by atoms with Crippen LogP contribution in [0, 0.1) is 11.8 Å². The Morgan fingerprint density at radius 1 is 1.14 bits per heavy atom. The summed E-state index contributed by atoms with van der Waals surface area (Å²) in [7, 11) is 0. The lowest BCUT2D eigenvalue weighted by molar-refractivity contribution is -0.697. The van der Waals surface area contributed by atoms with Crippen LogP contribution in [0.5, 0.6) is 0 Å². The van der Waals surface area contributed by atoms with Crippen LogP contribution >= 0.6 is 11.6 Å². The van der Waals surface area contributed by atoms with E-state index in [-0.39, 0.29) is 23.7 Å². The first-order valence-corrected chi connectivity index (χ1v) is 7.68. The lowest BCUT2D eigenvalue weighted by Gasteiger charge is -2.17. The lowest BCUT2D eigenvalue weighted by Crippen LogP contribution is -2.37. The van der Waals surface area contributed by atoms with Crippen LogP contribution < -0.4 is 4.57 Å². The molecule has 0 saturated carbocycles. The Morgan fingerprint density at radius 3 is 2.62 bits per heavy atom. The van der Waals surface area contributed by atoms with Crippen LogP contribution in [0.2, 0.25) is 0 Å². The van der Waals surface area contributed by atoms with E-state index in [9.17, 15) is 9.59 Å². The number of aryl methyl sites for hydroxylation is 1. The van der Waals surface area contributed by atoms with E-state index in [1.54, 1.807) is 0 Å². The molecule has 0 unspecified atom stereocenters. The number of halogens is 1. The van der Waals surface area contributed by atoms with Crippen LogP contribution in [0.15, 0.2) is 41.7 Å². The number of carbonyl (C=O) groups excluding carboxylic acids is 2. The average Bonchev–Trinajstić information content (AvgIpc) is 2.73. The molecule has 1 aromatic heterocycles. The summed E-state index contributed by atoms with van der Waals surface area (Å²) in [4.78, 5) is 26.1. The van der Waals surface area contributed by atoms with Crippen LogP contribution in [0.3, 0.4) is 0 Å². The van der Waals surface area contributed by atoms with Crippen LogP contribution in [-0.2, 0) is 16.1 Å². The van der Waals surface area contributed by atoms with Gasteiger partial charge in [0.1, 0.15) is 6.54 Å². The fourth-order valence-electron chi connectivity index (χ4n) is 3.11. The third-order valence-electron chi connectivity index (χ3n) is 4.24. The van der Waals surface area contributed by atoms with E-state index < -0.39 is 0 Å². The highest BCUT2D eigenvalue weighted by Crippen LogP contribution is 2.38. The Bertz CT molecular complexity index is 585. The summed E-state index contributed by atoms with van der Waals surface area (Å²) in [6, 6.07) is 5.90. The maximum absolute atomic E-state index is 12.4. The molecule has 5 heteroatoms. The first-order valence-electron chi connectivity index (χ1n) is 7.30. The van der Waals surface area contributed by atoms with E-state index in [1.807, 2.05) is 36.7 Å².